The van der Waals surface area contributed by atoms with Crippen molar-refractivity contribution in [2.75, 3.05) is 13.2 Å². The zero-order chi connectivity index (χ0) is 13.5. The molecule has 3 atom stereocenters. The van der Waals surface area contributed by atoms with E-state index in [1.807, 2.05) is 12.5 Å². The molecule has 0 aromatic carbocycles. The van der Waals surface area contributed by atoms with Crippen LogP contribution in [0.25, 0.3) is 0 Å². The van der Waals surface area contributed by atoms with Crippen LogP contribution < -0.4 is 5.32 Å². The number of nitrogens with one attached hydrogen (secondary N) is 1. The molecule has 3 unspecified atom stereocenters. The molecule has 1 aromatic heterocycles. The van der Waals surface area contributed by atoms with Crippen LogP contribution in [0.15, 0.2) is 12.5 Å². The third-order valence-electron chi connectivity index (χ3n) is 4.94. The fourth-order valence-corrected chi connectivity index (χ4v) is 3.60. The summed E-state index contributed by atoms with van der Waals surface area (Å²) >= 11 is 0. The Kier molecular flexibility index (Phi) is 3.39. The summed E-state index contributed by atoms with van der Waals surface area (Å²) in [5, 5.41) is 3.57. The van der Waals surface area contributed by atoms with E-state index < -0.39 is 0 Å². The van der Waals surface area contributed by atoms with Crippen molar-refractivity contribution < 1.29 is 4.74 Å². The van der Waals surface area contributed by atoms with E-state index >= 15 is 0 Å². The van der Waals surface area contributed by atoms with E-state index in [-0.39, 0.29) is 5.41 Å². The maximum absolute atomic E-state index is 5.84. The van der Waals surface area contributed by atoms with Crippen LogP contribution in [0, 0.1) is 5.41 Å². The summed E-state index contributed by atoms with van der Waals surface area (Å²) in [6.07, 6.45) is 8.03. The molecule has 0 spiro atoms. The van der Waals surface area contributed by atoms with Gasteiger partial charge in [-0.2, -0.15) is 0 Å². The van der Waals surface area contributed by atoms with Gasteiger partial charge in [0.1, 0.15) is 0 Å². The predicted molar refractivity (Wildman–Crippen MR) is 75.1 cm³/mol. The van der Waals surface area contributed by atoms with Crippen molar-refractivity contribution in [1.29, 1.82) is 0 Å². The standard InChI is InChI=1S/C15H25N3O/c1-4-19-14-8-13(15(14,2)3)18-10-16-9-12(18)11-6-5-7-17-11/h9-11,13-14,17H,4-8H2,1-3H3. The summed E-state index contributed by atoms with van der Waals surface area (Å²) in [5.41, 5.74) is 1.55. The van der Waals surface area contributed by atoms with Crippen molar-refractivity contribution in [3.8, 4) is 0 Å². The highest BCUT2D eigenvalue weighted by Gasteiger charge is 2.50. The van der Waals surface area contributed by atoms with Crippen LogP contribution >= 0.6 is 0 Å². The van der Waals surface area contributed by atoms with Gasteiger partial charge >= 0.3 is 0 Å². The molecular weight excluding hydrogens is 238 g/mol. The van der Waals surface area contributed by atoms with E-state index in [0.717, 1.165) is 19.6 Å². The summed E-state index contributed by atoms with van der Waals surface area (Å²) in [4.78, 5) is 4.39. The zero-order valence-corrected chi connectivity index (χ0v) is 12.2. The number of imidazole rings is 1. The minimum atomic E-state index is 0.198. The minimum Gasteiger partial charge on any atom is -0.378 e. The molecule has 19 heavy (non-hydrogen) atoms. The van der Waals surface area contributed by atoms with Crippen molar-refractivity contribution in [3.63, 3.8) is 0 Å². The largest absolute Gasteiger partial charge is 0.378 e. The van der Waals surface area contributed by atoms with Gasteiger partial charge in [0, 0.05) is 30.3 Å². The van der Waals surface area contributed by atoms with Gasteiger partial charge in [-0.25, -0.2) is 4.98 Å². The van der Waals surface area contributed by atoms with E-state index in [0.29, 0.717) is 18.2 Å². The van der Waals surface area contributed by atoms with E-state index in [1.165, 1.54) is 18.5 Å². The lowest BCUT2D eigenvalue weighted by Gasteiger charge is -2.52. The smallest absolute Gasteiger partial charge is 0.0951 e. The predicted octanol–water partition coefficient (Wildman–Crippen LogP) is 2.68. The van der Waals surface area contributed by atoms with E-state index in [2.05, 4.69) is 35.6 Å². The van der Waals surface area contributed by atoms with E-state index in [1.54, 1.807) is 0 Å². The van der Waals surface area contributed by atoms with E-state index in [9.17, 15) is 0 Å². The lowest BCUT2D eigenvalue weighted by Crippen LogP contribution is -2.51. The minimum absolute atomic E-state index is 0.198. The second kappa shape index (κ2) is 4.91. The topological polar surface area (TPSA) is 39.1 Å². The van der Waals surface area contributed by atoms with Crippen LogP contribution in [-0.2, 0) is 4.74 Å². The zero-order valence-electron chi connectivity index (χ0n) is 12.2. The number of hydrogen-bond donors (Lipinski definition) is 1. The first-order valence-electron chi connectivity index (χ1n) is 7.51. The van der Waals surface area contributed by atoms with Crippen LogP contribution in [0.3, 0.4) is 0 Å². The van der Waals surface area contributed by atoms with Crippen LogP contribution in [0.1, 0.15) is 57.8 Å². The average Bonchev–Trinajstić information content (AvgIpc) is 3.03. The number of nitrogens with zero attached hydrogens (tertiary/aromatic N) is 2. The van der Waals surface area contributed by atoms with Crippen molar-refractivity contribution in [3.05, 3.63) is 18.2 Å². The molecule has 1 aliphatic carbocycles. The molecule has 1 N–H and O–H groups in total. The van der Waals surface area contributed by atoms with Gasteiger partial charge in [0.15, 0.2) is 0 Å². The normalized spacial score (nSPS) is 33.3. The molecular formula is C15H25N3O. The molecule has 2 aliphatic rings. The maximum atomic E-state index is 5.84. The van der Waals surface area contributed by atoms with Crippen molar-refractivity contribution in [2.24, 2.45) is 5.41 Å². The summed E-state index contributed by atoms with van der Waals surface area (Å²) in [6, 6.07) is 1.01. The van der Waals surface area contributed by atoms with Crippen LogP contribution in [0.4, 0.5) is 0 Å². The summed E-state index contributed by atoms with van der Waals surface area (Å²) < 4.78 is 8.22. The summed E-state index contributed by atoms with van der Waals surface area (Å²) in [5.74, 6) is 0. The van der Waals surface area contributed by atoms with Gasteiger partial charge in [0.05, 0.1) is 18.1 Å². The molecule has 4 nitrogen and oxygen atoms in total. The Bertz CT molecular complexity index is 434. The fourth-order valence-electron chi connectivity index (χ4n) is 3.60. The Hall–Kier alpha value is -0.870. The van der Waals surface area contributed by atoms with Gasteiger partial charge in [-0.1, -0.05) is 13.8 Å². The first kappa shape index (κ1) is 13.1. The monoisotopic (exact) mass is 263 g/mol. The van der Waals surface area contributed by atoms with Crippen molar-refractivity contribution in [2.45, 2.75) is 58.2 Å². The van der Waals surface area contributed by atoms with Gasteiger partial charge in [0.25, 0.3) is 0 Å². The lowest BCUT2D eigenvalue weighted by atomic mass is 9.64. The molecule has 3 rings (SSSR count). The second-order valence-corrected chi connectivity index (χ2v) is 6.39. The lowest BCUT2D eigenvalue weighted by molar-refractivity contribution is -0.128. The quantitative estimate of drug-likeness (QED) is 0.907. The molecule has 0 amide bonds. The summed E-state index contributed by atoms with van der Waals surface area (Å²) in [6.45, 7) is 8.64. The van der Waals surface area contributed by atoms with Crippen molar-refractivity contribution in [1.82, 2.24) is 14.9 Å². The molecule has 0 bridgehead atoms. The van der Waals surface area contributed by atoms with E-state index in [4.69, 9.17) is 4.74 Å². The highest BCUT2D eigenvalue weighted by molar-refractivity contribution is 5.13. The molecule has 2 fully saturated rings. The Morgan fingerprint density at radius 3 is 3.00 bits per heavy atom. The number of ether oxygens (including phenoxy) is 1. The number of aromatic nitrogens is 2. The molecule has 106 valence electrons. The number of rotatable bonds is 4. The van der Waals surface area contributed by atoms with Crippen LogP contribution in [-0.4, -0.2) is 28.8 Å². The third-order valence-corrected chi connectivity index (χ3v) is 4.94. The van der Waals surface area contributed by atoms with Gasteiger partial charge < -0.3 is 14.6 Å². The molecule has 1 aliphatic heterocycles. The SMILES string of the molecule is CCOC1CC(n2cncc2C2CCCN2)C1(C)C. The Balaban J connectivity index is 1.79. The van der Waals surface area contributed by atoms with Crippen LogP contribution in [0.2, 0.25) is 0 Å². The molecule has 4 heteroatoms. The molecule has 0 radical (unpaired) electrons. The average molecular weight is 263 g/mol. The van der Waals surface area contributed by atoms with Gasteiger partial charge in [-0.3, -0.25) is 0 Å². The fraction of sp³-hybridized carbons (Fsp3) is 0.800. The Labute approximate surface area is 115 Å². The third kappa shape index (κ3) is 2.11. The highest BCUT2D eigenvalue weighted by Crippen LogP contribution is 2.52. The highest BCUT2D eigenvalue weighted by atomic mass is 16.5. The van der Waals surface area contributed by atoms with Crippen molar-refractivity contribution >= 4 is 0 Å². The first-order chi connectivity index (χ1) is 9.14. The Morgan fingerprint density at radius 2 is 2.37 bits per heavy atom. The summed E-state index contributed by atoms with van der Waals surface area (Å²) in [7, 11) is 0. The van der Waals surface area contributed by atoms with Crippen LogP contribution in [0.5, 0.6) is 0 Å². The number of hydrogen-bond acceptors (Lipinski definition) is 3. The molecule has 1 saturated carbocycles. The maximum Gasteiger partial charge on any atom is 0.0951 e. The molecule has 1 aromatic rings. The molecule has 1 saturated heterocycles. The molecule has 2 heterocycles. The van der Waals surface area contributed by atoms with Gasteiger partial charge in [0.2, 0.25) is 0 Å². The second-order valence-electron chi connectivity index (χ2n) is 6.39. The van der Waals surface area contributed by atoms with Gasteiger partial charge in [-0.15, -0.1) is 0 Å². The Morgan fingerprint density at radius 1 is 1.53 bits per heavy atom. The first-order valence-corrected chi connectivity index (χ1v) is 7.51. The van der Waals surface area contributed by atoms with Gasteiger partial charge in [-0.05, 0) is 32.7 Å².